The van der Waals surface area contributed by atoms with E-state index >= 15 is 0 Å². The molecule has 2 N–H and O–H groups in total. The molecule has 0 amide bonds. The second-order valence-corrected chi connectivity index (χ2v) is 5.81. The monoisotopic (exact) mass is 373 g/mol. The van der Waals surface area contributed by atoms with Gasteiger partial charge in [-0.05, 0) is 36.2 Å². The van der Waals surface area contributed by atoms with E-state index in [0.29, 0.717) is 24.0 Å². The average molecular weight is 374 g/mol. The van der Waals surface area contributed by atoms with Crippen molar-refractivity contribution in [3.05, 3.63) is 65.1 Å². The lowest BCUT2D eigenvalue weighted by Gasteiger charge is -2.10. The third-order valence-electron chi connectivity index (χ3n) is 3.62. The van der Waals surface area contributed by atoms with E-state index in [1.165, 1.54) is 18.3 Å². The minimum absolute atomic E-state index is 0.0344. The van der Waals surface area contributed by atoms with Crippen LogP contribution in [0.4, 0.5) is 21.8 Å². The number of nitrogens with one attached hydrogen (secondary N) is 2. The SMILES string of the molecule is COc1ccccc1CCNc1nncc(Nc2ccc(F)c(Cl)c2)n1. The molecule has 0 aliphatic heterocycles. The van der Waals surface area contributed by atoms with Crippen LogP contribution in [-0.4, -0.2) is 28.8 Å². The first kappa shape index (κ1) is 17.9. The second-order valence-electron chi connectivity index (χ2n) is 5.41. The minimum Gasteiger partial charge on any atom is -0.496 e. The lowest BCUT2D eigenvalue weighted by molar-refractivity contribution is 0.410. The smallest absolute Gasteiger partial charge is 0.244 e. The van der Waals surface area contributed by atoms with Crippen LogP contribution < -0.4 is 15.4 Å². The first-order valence-corrected chi connectivity index (χ1v) is 8.31. The Morgan fingerprint density at radius 1 is 1.19 bits per heavy atom. The number of halogens is 2. The minimum atomic E-state index is -0.475. The van der Waals surface area contributed by atoms with Crippen molar-refractivity contribution in [2.24, 2.45) is 0 Å². The molecule has 0 saturated heterocycles. The van der Waals surface area contributed by atoms with Gasteiger partial charge < -0.3 is 15.4 Å². The normalized spacial score (nSPS) is 10.4. The summed E-state index contributed by atoms with van der Waals surface area (Å²) in [5, 5.41) is 14.0. The standard InChI is InChI=1S/C18H17ClFN5O/c1-26-16-5-3-2-4-12(16)8-9-21-18-24-17(11-22-25-18)23-13-6-7-15(20)14(19)10-13/h2-7,10-11H,8-9H2,1H3,(H2,21,23,24,25). The Morgan fingerprint density at radius 3 is 2.85 bits per heavy atom. The van der Waals surface area contributed by atoms with Gasteiger partial charge in [0.15, 0.2) is 5.82 Å². The van der Waals surface area contributed by atoms with E-state index in [-0.39, 0.29) is 5.02 Å². The molecule has 2 aromatic carbocycles. The summed E-state index contributed by atoms with van der Waals surface area (Å²) in [7, 11) is 1.65. The highest BCUT2D eigenvalue weighted by molar-refractivity contribution is 6.31. The molecule has 0 bridgehead atoms. The molecule has 3 rings (SSSR count). The molecule has 0 fully saturated rings. The Kier molecular flexibility index (Phi) is 5.80. The van der Waals surface area contributed by atoms with Gasteiger partial charge >= 0.3 is 0 Å². The van der Waals surface area contributed by atoms with Crippen molar-refractivity contribution in [3.8, 4) is 5.75 Å². The first-order valence-electron chi connectivity index (χ1n) is 7.93. The summed E-state index contributed by atoms with van der Waals surface area (Å²) in [6.45, 7) is 0.619. The van der Waals surface area contributed by atoms with Gasteiger partial charge in [-0.2, -0.15) is 10.1 Å². The number of anilines is 3. The zero-order valence-corrected chi connectivity index (χ0v) is 14.8. The van der Waals surface area contributed by atoms with Crippen molar-refractivity contribution in [1.82, 2.24) is 15.2 Å². The van der Waals surface area contributed by atoms with Gasteiger partial charge in [0.2, 0.25) is 5.95 Å². The second kappa shape index (κ2) is 8.44. The Balaban J connectivity index is 1.61. The number of ether oxygens (including phenoxy) is 1. The zero-order chi connectivity index (χ0) is 18.4. The quantitative estimate of drug-likeness (QED) is 0.650. The highest BCUT2D eigenvalue weighted by Crippen LogP contribution is 2.22. The molecule has 1 heterocycles. The lowest BCUT2D eigenvalue weighted by Crippen LogP contribution is -2.10. The number of hydrogen-bond donors (Lipinski definition) is 2. The molecule has 134 valence electrons. The molecular weight excluding hydrogens is 357 g/mol. The van der Waals surface area contributed by atoms with Crippen LogP contribution in [0.25, 0.3) is 0 Å². The summed E-state index contributed by atoms with van der Waals surface area (Å²) in [5.41, 5.74) is 1.70. The molecule has 0 aliphatic carbocycles. The van der Waals surface area contributed by atoms with Crippen molar-refractivity contribution in [2.75, 3.05) is 24.3 Å². The summed E-state index contributed by atoms with van der Waals surface area (Å²) in [5.74, 6) is 1.23. The third-order valence-corrected chi connectivity index (χ3v) is 3.91. The van der Waals surface area contributed by atoms with Crippen molar-refractivity contribution in [3.63, 3.8) is 0 Å². The summed E-state index contributed by atoms with van der Waals surface area (Å²) in [6, 6.07) is 12.2. The molecule has 0 spiro atoms. The summed E-state index contributed by atoms with van der Waals surface area (Å²) in [4.78, 5) is 4.33. The van der Waals surface area contributed by atoms with E-state index in [1.807, 2.05) is 24.3 Å². The lowest BCUT2D eigenvalue weighted by atomic mass is 10.1. The number of methoxy groups -OCH3 is 1. The molecule has 0 aliphatic rings. The topological polar surface area (TPSA) is 72.0 Å². The van der Waals surface area contributed by atoms with E-state index in [9.17, 15) is 4.39 Å². The van der Waals surface area contributed by atoms with Crippen LogP contribution in [-0.2, 0) is 6.42 Å². The summed E-state index contributed by atoms with van der Waals surface area (Å²) in [6.07, 6.45) is 2.22. The number of benzene rings is 2. The van der Waals surface area contributed by atoms with Crippen LogP contribution in [0.3, 0.4) is 0 Å². The van der Waals surface area contributed by atoms with Crippen LogP contribution in [0.1, 0.15) is 5.56 Å². The molecule has 0 radical (unpaired) electrons. The molecule has 26 heavy (non-hydrogen) atoms. The van der Waals surface area contributed by atoms with Gasteiger partial charge in [-0.25, -0.2) is 4.39 Å². The number of para-hydroxylation sites is 1. The zero-order valence-electron chi connectivity index (χ0n) is 14.0. The number of nitrogens with zero attached hydrogens (tertiary/aromatic N) is 3. The third kappa shape index (κ3) is 4.58. The van der Waals surface area contributed by atoms with Gasteiger partial charge in [-0.15, -0.1) is 5.10 Å². The maximum Gasteiger partial charge on any atom is 0.244 e. The van der Waals surface area contributed by atoms with Crippen LogP contribution in [0.15, 0.2) is 48.7 Å². The fraction of sp³-hybridized carbons (Fsp3) is 0.167. The van der Waals surface area contributed by atoms with Gasteiger partial charge in [0.25, 0.3) is 0 Å². The van der Waals surface area contributed by atoms with Crippen LogP contribution >= 0.6 is 11.6 Å². The molecule has 1 aromatic heterocycles. The van der Waals surface area contributed by atoms with E-state index in [2.05, 4.69) is 25.8 Å². The highest BCUT2D eigenvalue weighted by Gasteiger charge is 2.05. The Bertz CT molecular complexity index is 893. The Hall–Kier alpha value is -2.93. The van der Waals surface area contributed by atoms with Crippen molar-refractivity contribution in [1.29, 1.82) is 0 Å². The van der Waals surface area contributed by atoms with Crippen molar-refractivity contribution < 1.29 is 9.13 Å². The molecule has 0 saturated carbocycles. The van der Waals surface area contributed by atoms with Gasteiger partial charge in [-0.3, -0.25) is 0 Å². The molecule has 6 nitrogen and oxygen atoms in total. The molecule has 0 atom stereocenters. The molecule has 8 heteroatoms. The van der Waals surface area contributed by atoms with E-state index in [1.54, 1.807) is 13.2 Å². The predicted molar refractivity (Wildman–Crippen MR) is 99.7 cm³/mol. The average Bonchev–Trinajstić information content (AvgIpc) is 2.65. The Labute approximate surface area is 155 Å². The summed E-state index contributed by atoms with van der Waals surface area (Å²) < 4.78 is 18.6. The largest absolute Gasteiger partial charge is 0.496 e. The van der Waals surface area contributed by atoms with Crippen molar-refractivity contribution >= 4 is 29.1 Å². The molecule has 3 aromatic rings. The first-order chi connectivity index (χ1) is 12.7. The van der Waals surface area contributed by atoms with Gasteiger partial charge in [0.1, 0.15) is 11.6 Å². The highest BCUT2D eigenvalue weighted by atomic mass is 35.5. The number of aromatic nitrogens is 3. The van der Waals surface area contributed by atoms with Gasteiger partial charge in [-0.1, -0.05) is 29.8 Å². The van der Waals surface area contributed by atoms with Gasteiger partial charge in [0.05, 0.1) is 18.3 Å². The van der Waals surface area contributed by atoms with Crippen LogP contribution in [0, 0.1) is 5.82 Å². The summed E-state index contributed by atoms with van der Waals surface area (Å²) >= 11 is 5.78. The maximum absolute atomic E-state index is 13.2. The number of rotatable bonds is 7. The predicted octanol–water partition coefficient (Wildman–Crippen LogP) is 4.07. The van der Waals surface area contributed by atoms with Crippen LogP contribution in [0.5, 0.6) is 5.75 Å². The molecular formula is C18H17ClFN5O. The number of hydrogen-bond acceptors (Lipinski definition) is 6. The van der Waals surface area contributed by atoms with Gasteiger partial charge in [0, 0.05) is 12.2 Å². The van der Waals surface area contributed by atoms with E-state index in [0.717, 1.165) is 17.7 Å². The Morgan fingerprint density at radius 2 is 2.04 bits per heavy atom. The fourth-order valence-corrected chi connectivity index (χ4v) is 2.56. The maximum atomic E-state index is 13.2. The molecule has 0 unspecified atom stereocenters. The van der Waals surface area contributed by atoms with E-state index < -0.39 is 5.82 Å². The fourth-order valence-electron chi connectivity index (χ4n) is 2.38. The van der Waals surface area contributed by atoms with Crippen LogP contribution in [0.2, 0.25) is 5.02 Å². The van der Waals surface area contributed by atoms with Crippen molar-refractivity contribution in [2.45, 2.75) is 6.42 Å². The van der Waals surface area contributed by atoms with E-state index in [4.69, 9.17) is 16.3 Å².